The number of aromatic hydroxyl groups is 1. The van der Waals surface area contributed by atoms with E-state index in [9.17, 15) is 15.2 Å². The number of anilines is 1. The molecular formula is C19H17N3O2. The van der Waals surface area contributed by atoms with E-state index in [2.05, 4.69) is 10.2 Å². The van der Waals surface area contributed by atoms with Gasteiger partial charge in [0.15, 0.2) is 0 Å². The molecule has 0 unspecified atom stereocenters. The Morgan fingerprint density at radius 3 is 2.62 bits per heavy atom. The van der Waals surface area contributed by atoms with Crippen molar-refractivity contribution in [3.8, 4) is 11.8 Å². The second-order valence-corrected chi connectivity index (χ2v) is 5.87. The minimum Gasteiger partial charge on any atom is -0.508 e. The summed E-state index contributed by atoms with van der Waals surface area (Å²) in [5.41, 5.74) is 3.82. The molecule has 5 nitrogen and oxygen atoms in total. The van der Waals surface area contributed by atoms with Crippen molar-refractivity contribution in [2.45, 2.75) is 13.1 Å². The molecule has 0 saturated carbocycles. The fourth-order valence-electron chi connectivity index (χ4n) is 2.73. The number of nitriles is 1. The van der Waals surface area contributed by atoms with Crippen LogP contribution in [0.15, 0.2) is 48.0 Å². The highest BCUT2D eigenvalue weighted by molar-refractivity contribution is 6.09. The predicted octanol–water partition coefficient (Wildman–Crippen LogP) is 2.88. The Hall–Kier alpha value is -3.10. The number of hydrogen-bond donors (Lipinski definition) is 2. The molecule has 24 heavy (non-hydrogen) atoms. The third-order valence-corrected chi connectivity index (χ3v) is 3.91. The number of phenolic OH excluding ortho intramolecular Hbond substituents is 1. The monoisotopic (exact) mass is 319 g/mol. The largest absolute Gasteiger partial charge is 0.508 e. The van der Waals surface area contributed by atoms with E-state index in [4.69, 9.17) is 0 Å². The zero-order chi connectivity index (χ0) is 17.1. The number of rotatable bonds is 3. The molecule has 0 aromatic heterocycles. The molecule has 0 spiro atoms. The van der Waals surface area contributed by atoms with Gasteiger partial charge in [-0.25, -0.2) is 0 Å². The van der Waals surface area contributed by atoms with Gasteiger partial charge in [0.05, 0.1) is 0 Å². The highest BCUT2D eigenvalue weighted by Crippen LogP contribution is 2.24. The number of carbonyl (C=O) groups excluding carboxylic acids is 1. The molecule has 0 saturated heterocycles. The maximum Gasteiger partial charge on any atom is 0.266 e. The van der Waals surface area contributed by atoms with Gasteiger partial charge in [0, 0.05) is 18.8 Å². The number of benzene rings is 2. The molecule has 2 N–H and O–H groups in total. The zero-order valence-corrected chi connectivity index (χ0v) is 13.3. The molecule has 2 aromatic rings. The molecule has 2 aromatic carbocycles. The Kier molecular flexibility index (Phi) is 4.32. The summed E-state index contributed by atoms with van der Waals surface area (Å²) in [4.78, 5) is 14.5. The van der Waals surface area contributed by atoms with Crippen LogP contribution in [0.1, 0.15) is 16.7 Å². The maximum atomic E-state index is 12.3. The van der Waals surface area contributed by atoms with Crippen molar-refractivity contribution in [2.24, 2.45) is 0 Å². The van der Waals surface area contributed by atoms with Gasteiger partial charge in [-0.2, -0.15) is 5.26 Å². The number of nitrogens with zero attached hydrogens (tertiary/aromatic N) is 2. The SMILES string of the molecule is CN1Cc2ccc(NC(=O)/C(C#N)=C/c3ccc(O)cc3)cc2C1. The molecular weight excluding hydrogens is 302 g/mol. The molecule has 1 aliphatic rings. The van der Waals surface area contributed by atoms with Crippen LogP contribution in [-0.2, 0) is 17.9 Å². The van der Waals surface area contributed by atoms with E-state index in [0.717, 1.165) is 13.1 Å². The normalized spacial score (nSPS) is 14.1. The number of nitrogens with one attached hydrogen (secondary N) is 1. The van der Waals surface area contributed by atoms with Crippen molar-refractivity contribution >= 4 is 17.7 Å². The lowest BCUT2D eigenvalue weighted by Gasteiger charge is -2.06. The summed E-state index contributed by atoms with van der Waals surface area (Å²) in [6.07, 6.45) is 1.50. The highest BCUT2D eigenvalue weighted by atomic mass is 16.3. The molecule has 0 atom stereocenters. The van der Waals surface area contributed by atoms with Gasteiger partial charge < -0.3 is 10.4 Å². The molecule has 0 radical (unpaired) electrons. The van der Waals surface area contributed by atoms with Gasteiger partial charge >= 0.3 is 0 Å². The number of fused-ring (bicyclic) bond motifs is 1. The van der Waals surface area contributed by atoms with Gasteiger partial charge in [-0.05, 0) is 54.1 Å². The molecule has 1 amide bonds. The lowest BCUT2D eigenvalue weighted by Crippen LogP contribution is -2.13. The average Bonchev–Trinajstić information content (AvgIpc) is 2.93. The minimum absolute atomic E-state index is 0.0123. The number of carbonyl (C=O) groups is 1. The van der Waals surface area contributed by atoms with Gasteiger partial charge in [-0.3, -0.25) is 9.69 Å². The van der Waals surface area contributed by atoms with Crippen LogP contribution in [0.5, 0.6) is 5.75 Å². The van der Waals surface area contributed by atoms with Crippen LogP contribution in [0.2, 0.25) is 0 Å². The van der Waals surface area contributed by atoms with E-state index in [1.54, 1.807) is 12.1 Å². The standard InChI is InChI=1S/C19H17N3O2/c1-22-11-14-4-5-17(9-16(14)12-22)21-19(24)15(10-20)8-13-2-6-18(23)7-3-13/h2-9,23H,11-12H2,1H3,(H,21,24)/b15-8+. The quantitative estimate of drug-likeness (QED) is 0.674. The van der Waals surface area contributed by atoms with Crippen molar-refractivity contribution in [3.63, 3.8) is 0 Å². The van der Waals surface area contributed by atoms with E-state index in [1.165, 1.54) is 29.3 Å². The average molecular weight is 319 g/mol. The third-order valence-electron chi connectivity index (χ3n) is 3.91. The summed E-state index contributed by atoms with van der Waals surface area (Å²) in [5.74, 6) is -0.310. The molecule has 5 heteroatoms. The first-order valence-electron chi connectivity index (χ1n) is 7.57. The van der Waals surface area contributed by atoms with Gasteiger partial charge in [0.25, 0.3) is 5.91 Å². The Bertz CT molecular complexity index is 848. The number of phenols is 1. The first kappa shape index (κ1) is 15.8. The Labute approximate surface area is 140 Å². The van der Waals surface area contributed by atoms with Crippen LogP contribution in [-0.4, -0.2) is 23.0 Å². The topological polar surface area (TPSA) is 76.4 Å². The second-order valence-electron chi connectivity index (χ2n) is 5.87. The first-order valence-corrected chi connectivity index (χ1v) is 7.57. The molecule has 0 fully saturated rings. The third kappa shape index (κ3) is 3.45. The van der Waals surface area contributed by atoms with Crippen LogP contribution in [0.25, 0.3) is 6.08 Å². The van der Waals surface area contributed by atoms with Crippen molar-refractivity contribution in [3.05, 3.63) is 64.7 Å². The van der Waals surface area contributed by atoms with Crippen molar-refractivity contribution in [1.29, 1.82) is 5.26 Å². The van der Waals surface area contributed by atoms with Crippen LogP contribution in [0.4, 0.5) is 5.69 Å². The smallest absolute Gasteiger partial charge is 0.266 e. The van der Waals surface area contributed by atoms with E-state index >= 15 is 0 Å². The van der Waals surface area contributed by atoms with Crippen LogP contribution >= 0.6 is 0 Å². The zero-order valence-electron chi connectivity index (χ0n) is 13.3. The van der Waals surface area contributed by atoms with Crippen molar-refractivity contribution in [1.82, 2.24) is 4.90 Å². The second kappa shape index (κ2) is 6.57. The predicted molar refractivity (Wildman–Crippen MR) is 91.9 cm³/mol. The van der Waals surface area contributed by atoms with Gasteiger partial charge in [0.2, 0.25) is 0 Å². The summed E-state index contributed by atoms with van der Waals surface area (Å²) in [6, 6.07) is 14.0. The summed E-state index contributed by atoms with van der Waals surface area (Å²) in [5, 5.41) is 21.3. The Morgan fingerprint density at radius 2 is 1.92 bits per heavy atom. The van der Waals surface area contributed by atoms with Gasteiger partial charge in [0.1, 0.15) is 17.4 Å². The Morgan fingerprint density at radius 1 is 1.21 bits per heavy atom. The summed E-state index contributed by atoms with van der Waals surface area (Å²) < 4.78 is 0. The molecule has 3 rings (SSSR count). The van der Waals surface area contributed by atoms with Crippen molar-refractivity contribution in [2.75, 3.05) is 12.4 Å². The fourth-order valence-corrected chi connectivity index (χ4v) is 2.73. The Balaban J connectivity index is 1.77. The van der Waals surface area contributed by atoms with E-state index in [1.807, 2.05) is 31.3 Å². The van der Waals surface area contributed by atoms with Gasteiger partial charge in [-0.1, -0.05) is 18.2 Å². The fraction of sp³-hybridized carbons (Fsp3) is 0.158. The van der Waals surface area contributed by atoms with Crippen LogP contribution < -0.4 is 5.32 Å². The molecule has 0 bridgehead atoms. The summed E-state index contributed by atoms with van der Waals surface area (Å²) in [7, 11) is 2.05. The minimum atomic E-state index is -0.447. The van der Waals surface area contributed by atoms with Crippen molar-refractivity contribution < 1.29 is 9.90 Å². The molecule has 1 heterocycles. The van der Waals surface area contributed by atoms with E-state index in [-0.39, 0.29) is 11.3 Å². The molecule has 0 aliphatic carbocycles. The summed E-state index contributed by atoms with van der Waals surface area (Å²) >= 11 is 0. The van der Waals surface area contributed by atoms with E-state index < -0.39 is 5.91 Å². The molecule has 1 aliphatic heterocycles. The molecule has 120 valence electrons. The maximum absolute atomic E-state index is 12.3. The van der Waals surface area contributed by atoms with Gasteiger partial charge in [-0.15, -0.1) is 0 Å². The van der Waals surface area contributed by atoms with E-state index in [0.29, 0.717) is 11.3 Å². The highest BCUT2D eigenvalue weighted by Gasteiger charge is 2.16. The lowest BCUT2D eigenvalue weighted by atomic mass is 10.1. The first-order chi connectivity index (χ1) is 11.5. The lowest BCUT2D eigenvalue weighted by molar-refractivity contribution is -0.112. The number of hydrogen-bond acceptors (Lipinski definition) is 4. The summed E-state index contributed by atoms with van der Waals surface area (Å²) in [6.45, 7) is 1.77. The van der Waals surface area contributed by atoms with Crippen LogP contribution in [0.3, 0.4) is 0 Å². The van der Waals surface area contributed by atoms with Crippen LogP contribution in [0, 0.1) is 11.3 Å². The number of amides is 1.